The molecule has 5 rings (SSSR count). The number of hydrogen-bond acceptors (Lipinski definition) is 7. The maximum absolute atomic E-state index is 5.81. The molecule has 0 saturated carbocycles. The standard InChI is InChI=1S/C15H14N2OS.C11H12N2O.2CH4/c1-10(2)18-15-14(13-8-5-9-19-13)16-11-6-3-4-7-12(11)17-15;1-8(2)14-11-7-12-9-5-3-4-6-10(9)13-11;;/h3-10H,1-2H3;3-8H,1-2H3;2*1H4. The Kier molecular flexibility index (Phi) is 10.1. The van der Waals surface area contributed by atoms with E-state index in [0.29, 0.717) is 11.8 Å². The van der Waals surface area contributed by atoms with Crippen molar-refractivity contribution in [3.63, 3.8) is 0 Å². The van der Waals surface area contributed by atoms with Crippen LogP contribution in [0.15, 0.2) is 72.2 Å². The fourth-order valence-corrected chi connectivity index (χ4v) is 3.81. The van der Waals surface area contributed by atoms with Crippen LogP contribution >= 0.6 is 11.3 Å². The average Bonchev–Trinajstić information content (AvgIpc) is 3.33. The van der Waals surface area contributed by atoms with Gasteiger partial charge in [-0.15, -0.1) is 11.3 Å². The number of hydrogen-bond donors (Lipinski definition) is 0. The minimum absolute atomic E-state index is 0. The van der Waals surface area contributed by atoms with Crippen molar-refractivity contribution < 1.29 is 9.47 Å². The third kappa shape index (κ3) is 7.20. The van der Waals surface area contributed by atoms with Crippen LogP contribution in [-0.4, -0.2) is 32.1 Å². The summed E-state index contributed by atoms with van der Waals surface area (Å²) in [4.78, 5) is 18.9. The summed E-state index contributed by atoms with van der Waals surface area (Å²) >= 11 is 1.64. The number of aromatic nitrogens is 4. The molecule has 184 valence electrons. The normalized spacial score (nSPS) is 10.3. The van der Waals surface area contributed by atoms with Crippen molar-refractivity contribution in [3.8, 4) is 22.3 Å². The predicted molar refractivity (Wildman–Crippen MR) is 147 cm³/mol. The van der Waals surface area contributed by atoms with Gasteiger partial charge in [-0.3, -0.25) is 0 Å². The van der Waals surface area contributed by atoms with Gasteiger partial charge in [-0.1, -0.05) is 45.2 Å². The van der Waals surface area contributed by atoms with Crippen LogP contribution < -0.4 is 9.47 Å². The lowest BCUT2D eigenvalue weighted by Crippen LogP contribution is -2.08. The second-order valence-electron chi connectivity index (χ2n) is 7.87. The molecule has 0 aliphatic carbocycles. The van der Waals surface area contributed by atoms with Crippen LogP contribution in [0.2, 0.25) is 0 Å². The summed E-state index contributed by atoms with van der Waals surface area (Å²) in [5.41, 5.74) is 4.33. The molecule has 0 bridgehead atoms. The van der Waals surface area contributed by atoms with E-state index in [4.69, 9.17) is 14.5 Å². The molecule has 0 saturated heterocycles. The predicted octanol–water partition coefficient (Wildman–Crippen LogP) is 7.83. The molecule has 5 aromatic rings. The molecule has 0 fully saturated rings. The Bertz CT molecular complexity index is 1340. The Morgan fingerprint density at radius 1 is 0.657 bits per heavy atom. The molecule has 0 spiro atoms. The lowest BCUT2D eigenvalue weighted by Gasteiger charge is -2.12. The van der Waals surface area contributed by atoms with E-state index in [0.717, 1.165) is 32.6 Å². The van der Waals surface area contributed by atoms with Gasteiger partial charge < -0.3 is 9.47 Å². The van der Waals surface area contributed by atoms with Crippen molar-refractivity contribution in [1.29, 1.82) is 0 Å². The first-order valence-electron chi connectivity index (χ1n) is 10.9. The van der Waals surface area contributed by atoms with E-state index in [1.165, 1.54) is 0 Å². The average molecular weight is 491 g/mol. The third-order valence-corrected chi connectivity index (χ3v) is 5.30. The smallest absolute Gasteiger partial charge is 0.242 e. The van der Waals surface area contributed by atoms with Gasteiger partial charge in [0, 0.05) is 0 Å². The molecule has 3 heterocycles. The molecule has 35 heavy (non-hydrogen) atoms. The number of thiophene rings is 1. The lowest BCUT2D eigenvalue weighted by molar-refractivity contribution is 0.232. The van der Waals surface area contributed by atoms with E-state index in [1.54, 1.807) is 17.5 Å². The highest BCUT2D eigenvalue weighted by Gasteiger charge is 2.14. The fourth-order valence-electron chi connectivity index (χ4n) is 3.10. The van der Waals surface area contributed by atoms with E-state index < -0.39 is 0 Å². The highest BCUT2D eigenvalue weighted by atomic mass is 32.1. The van der Waals surface area contributed by atoms with Gasteiger partial charge in [-0.2, -0.15) is 0 Å². The minimum atomic E-state index is 0. The van der Waals surface area contributed by atoms with E-state index in [-0.39, 0.29) is 27.1 Å². The van der Waals surface area contributed by atoms with E-state index in [9.17, 15) is 0 Å². The second kappa shape index (κ2) is 12.8. The summed E-state index contributed by atoms with van der Waals surface area (Å²) in [5.74, 6) is 1.19. The summed E-state index contributed by atoms with van der Waals surface area (Å²) in [7, 11) is 0. The van der Waals surface area contributed by atoms with Crippen LogP contribution in [0.1, 0.15) is 42.5 Å². The molecule has 0 N–H and O–H groups in total. The molecule has 0 amide bonds. The summed E-state index contributed by atoms with van der Waals surface area (Å²) in [5, 5.41) is 2.03. The number of rotatable bonds is 5. The maximum atomic E-state index is 5.81. The second-order valence-corrected chi connectivity index (χ2v) is 8.82. The molecular weight excluding hydrogens is 456 g/mol. The van der Waals surface area contributed by atoms with Crippen molar-refractivity contribution >= 4 is 33.4 Å². The van der Waals surface area contributed by atoms with Crippen LogP contribution in [0.3, 0.4) is 0 Å². The SMILES string of the molecule is C.C.CC(C)Oc1cnc2ccccc2n1.CC(C)Oc1nc2ccccc2nc1-c1cccs1. The highest BCUT2D eigenvalue weighted by Crippen LogP contribution is 2.32. The molecule has 0 atom stereocenters. The first kappa shape index (κ1) is 27.7. The van der Waals surface area contributed by atoms with Crippen molar-refractivity contribution in [1.82, 2.24) is 19.9 Å². The van der Waals surface area contributed by atoms with E-state index in [2.05, 4.69) is 15.0 Å². The van der Waals surface area contributed by atoms with Crippen molar-refractivity contribution in [3.05, 3.63) is 72.2 Å². The third-order valence-electron chi connectivity index (χ3n) is 4.42. The molecule has 7 heteroatoms. The minimum Gasteiger partial charge on any atom is -0.474 e. The van der Waals surface area contributed by atoms with Gasteiger partial charge in [0.1, 0.15) is 5.69 Å². The Morgan fingerprint density at radius 2 is 1.23 bits per heavy atom. The maximum Gasteiger partial charge on any atom is 0.242 e. The van der Waals surface area contributed by atoms with E-state index >= 15 is 0 Å². The van der Waals surface area contributed by atoms with Crippen molar-refractivity contribution in [2.24, 2.45) is 0 Å². The molecular formula is C28H34N4O2S. The molecule has 3 aromatic heterocycles. The lowest BCUT2D eigenvalue weighted by atomic mass is 10.2. The molecule has 6 nitrogen and oxygen atoms in total. The van der Waals surface area contributed by atoms with Crippen LogP contribution in [-0.2, 0) is 0 Å². The number of ether oxygens (including phenoxy) is 2. The summed E-state index contributed by atoms with van der Waals surface area (Å²) in [6, 6.07) is 19.6. The first-order valence-corrected chi connectivity index (χ1v) is 11.7. The fraction of sp³-hybridized carbons (Fsp3) is 0.286. The number of nitrogens with zero attached hydrogens (tertiary/aromatic N) is 4. The summed E-state index contributed by atoms with van der Waals surface area (Å²) in [6.07, 6.45) is 1.86. The van der Waals surface area contributed by atoms with Gasteiger partial charge in [0.2, 0.25) is 11.8 Å². The van der Waals surface area contributed by atoms with Gasteiger partial charge >= 0.3 is 0 Å². The molecule has 0 radical (unpaired) electrons. The van der Waals surface area contributed by atoms with Gasteiger partial charge in [-0.25, -0.2) is 19.9 Å². The largest absolute Gasteiger partial charge is 0.474 e. The summed E-state index contributed by atoms with van der Waals surface area (Å²) < 4.78 is 11.3. The van der Waals surface area contributed by atoms with Gasteiger partial charge in [-0.05, 0) is 63.4 Å². The van der Waals surface area contributed by atoms with Crippen molar-refractivity contribution in [2.75, 3.05) is 0 Å². The Balaban J connectivity index is 0.000000243. The highest BCUT2D eigenvalue weighted by molar-refractivity contribution is 7.13. The summed E-state index contributed by atoms with van der Waals surface area (Å²) in [6.45, 7) is 7.93. The van der Waals surface area contributed by atoms with Crippen LogP contribution in [0.4, 0.5) is 0 Å². The Labute approximate surface area is 212 Å². The molecule has 0 aliphatic rings. The zero-order chi connectivity index (χ0) is 23.2. The van der Waals surface area contributed by atoms with Crippen molar-refractivity contribution in [2.45, 2.75) is 54.8 Å². The molecule has 2 aromatic carbocycles. The number of benzene rings is 2. The topological polar surface area (TPSA) is 70.0 Å². The quantitative estimate of drug-likeness (QED) is 0.250. The Hall–Kier alpha value is -3.58. The number of fused-ring (bicyclic) bond motifs is 2. The van der Waals surface area contributed by atoms with E-state index in [1.807, 2.05) is 93.7 Å². The van der Waals surface area contributed by atoms with Crippen LogP contribution in [0, 0.1) is 0 Å². The van der Waals surface area contributed by atoms with Gasteiger partial charge in [0.25, 0.3) is 0 Å². The van der Waals surface area contributed by atoms with Crippen LogP contribution in [0.25, 0.3) is 32.6 Å². The Morgan fingerprint density at radius 3 is 1.80 bits per heavy atom. The first-order chi connectivity index (χ1) is 16.0. The van der Waals surface area contributed by atoms with Crippen LogP contribution in [0.5, 0.6) is 11.8 Å². The zero-order valence-electron chi connectivity index (χ0n) is 19.1. The van der Waals surface area contributed by atoms with Gasteiger partial charge in [0.05, 0.1) is 45.3 Å². The molecule has 0 aliphatic heterocycles. The van der Waals surface area contributed by atoms with Gasteiger partial charge in [0.15, 0.2) is 0 Å². The number of para-hydroxylation sites is 4. The zero-order valence-corrected chi connectivity index (χ0v) is 19.9. The molecule has 0 unspecified atom stereocenters. The monoisotopic (exact) mass is 490 g/mol.